The molecular weight excluding hydrogens is 292 g/mol. The number of aromatic nitrogens is 4. The van der Waals surface area contributed by atoms with Crippen molar-refractivity contribution in [1.29, 1.82) is 0 Å². The van der Waals surface area contributed by atoms with Crippen molar-refractivity contribution in [3.05, 3.63) is 39.3 Å². The Hall–Kier alpha value is -1.59. The number of aromatic amines is 1. The van der Waals surface area contributed by atoms with Gasteiger partial charge in [-0.3, -0.25) is 4.57 Å². The molecule has 0 fully saturated rings. The van der Waals surface area contributed by atoms with Crippen LogP contribution >= 0.6 is 23.8 Å². The van der Waals surface area contributed by atoms with Gasteiger partial charge in [-0.25, -0.2) is 4.68 Å². The van der Waals surface area contributed by atoms with E-state index in [1.54, 1.807) is 0 Å². The zero-order chi connectivity index (χ0) is 14.4. The van der Waals surface area contributed by atoms with Gasteiger partial charge in [-0.2, -0.15) is 5.10 Å². The number of hydrogen-bond acceptors (Lipinski definition) is 2. The highest BCUT2D eigenvalue weighted by Crippen LogP contribution is 2.29. The molecule has 2 heterocycles. The maximum absolute atomic E-state index is 6.38. The fraction of sp³-hybridized carbons (Fsp3) is 0.286. The zero-order valence-corrected chi connectivity index (χ0v) is 13.1. The Morgan fingerprint density at radius 1 is 1.35 bits per heavy atom. The molecule has 3 rings (SSSR count). The third kappa shape index (κ3) is 1.81. The van der Waals surface area contributed by atoms with Crippen molar-refractivity contribution in [2.24, 2.45) is 0 Å². The molecule has 0 amide bonds. The average molecular weight is 307 g/mol. The molecule has 0 bridgehead atoms. The molecule has 0 aliphatic carbocycles. The molecule has 0 unspecified atom stereocenters. The predicted octanol–water partition coefficient (Wildman–Crippen LogP) is 4.17. The number of rotatable bonds is 2. The molecule has 4 nitrogen and oxygen atoms in total. The number of benzene rings is 1. The largest absolute Gasteiger partial charge is 0.327 e. The smallest absolute Gasteiger partial charge is 0.184 e. The normalized spacial score (nSPS) is 11.4. The standard InChI is InChI=1S/C14H15ClN4S/c1-4-18-13-11(9(3)17-18)16-14(20)19(13)12-8(2)6-5-7-10(12)15/h5-7H,4H2,1-3H3,(H,16,20). The number of nitrogens with zero attached hydrogens (tertiary/aromatic N) is 3. The summed E-state index contributed by atoms with van der Waals surface area (Å²) in [6.07, 6.45) is 0. The first-order chi connectivity index (χ1) is 9.54. The van der Waals surface area contributed by atoms with Gasteiger partial charge in [0.05, 0.1) is 16.4 Å². The van der Waals surface area contributed by atoms with E-state index in [0.29, 0.717) is 9.79 Å². The van der Waals surface area contributed by atoms with Crippen LogP contribution in [0.2, 0.25) is 5.02 Å². The number of imidazole rings is 1. The van der Waals surface area contributed by atoms with E-state index in [2.05, 4.69) is 17.0 Å². The molecule has 0 saturated carbocycles. The van der Waals surface area contributed by atoms with E-state index in [1.807, 2.05) is 41.3 Å². The van der Waals surface area contributed by atoms with Gasteiger partial charge in [0, 0.05) is 6.54 Å². The van der Waals surface area contributed by atoms with Crippen molar-refractivity contribution in [3.8, 4) is 5.69 Å². The molecule has 104 valence electrons. The van der Waals surface area contributed by atoms with Crippen LogP contribution in [-0.4, -0.2) is 19.3 Å². The summed E-state index contributed by atoms with van der Waals surface area (Å²) < 4.78 is 4.56. The molecular formula is C14H15ClN4S. The lowest BCUT2D eigenvalue weighted by Crippen LogP contribution is -2.05. The summed E-state index contributed by atoms with van der Waals surface area (Å²) in [6.45, 7) is 6.84. The van der Waals surface area contributed by atoms with Gasteiger partial charge in [0.2, 0.25) is 0 Å². The van der Waals surface area contributed by atoms with Crippen molar-refractivity contribution in [2.45, 2.75) is 27.3 Å². The van der Waals surface area contributed by atoms with Gasteiger partial charge in [-0.05, 0) is 44.6 Å². The number of aryl methyl sites for hydroxylation is 3. The monoisotopic (exact) mass is 306 g/mol. The Balaban J connectivity index is 2.48. The SMILES string of the molecule is CCn1nc(C)c2[nH]c(=S)n(-c3c(C)cccc3Cl)c21. The number of nitrogens with one attached hydrogen (secondary N) is 1. The van der Waals surface area contributed by atoms with Gasteiger partial charge in [0.25, 0.3) is 0 Å². The average Bonchev–Trinajstić information content (AvgIpc) is 2.88. The third-order valence-electron chi connectivity index (χ3n) is 3.46. The summed E-state index contributed by atoms with van der Waals surface area (Å²) >= 11 is 11.9. The second-order valence-electron chi connectivity index (χ2n) is 4.77. The maximum Gasteiger partial charge on any atom is 0.184 e. The van der Waals surface area contributed by atoms with Gasteiger partial charge in [-0.15, -0.1) is 0 Å². The molecule has 0 saturated heterocycles. The fourth-order valence-electron chi connectivity index (χ4n) is 2.54. The van der Waals surface area contributed by atoms with E-state index in [-0.39, 0.29) is 0 Å². The minimum atomic E-state index is 0.638. The van der Waals surface area contributed by atoms with E-state index in [9.17, 15) is 0 Å². The van der Waals surface area contributed by atoms with E-state index in [0.717, 1.165) is 34.7 Å². The van der Waals surface area contributed by atoms with Crippen LogP contribution in [0.4, 0.5) is 0 Å². The van der Waals surface area contributed by atoms with Crippen molar-refractivity contribution in [1.82, 2.24) is 19.3 Å². The molecule has 0 aliphatic heterocycles. The number of hydrogen-bond donors (Lipinski definition) is 1. The van der Waals surface area contributed by atoms with Crippen LogP contribution in [0.25, 0.3) is 16.9 Å². The molecule has 0 spiro atoms. The minimum Gasteiger partial charge on any atom is -0.327 e. The van der Waals surface area contributed by atoms with Gasteiger partial charge < -0.3 is 4.98 Å². The van der Waals surface area contributed by atoms with Crippen LogP contribution in [0, 0.1) is 18.6 Å². The summed E-state index contributed by atoms with van der Waals surface area (Å²) in [7, 11) is 0. The summed E-state index contributed by atoms with van der Waals surface area (Å²) in [6, 6.07) is 5.85. The summed E-state index contributed by atoms with van der Waals surface area (Å²) in [5, 5.41) is 5.21. The first kappa shape index (κ1) is 13.4. The van der Waals surface area contributed by atoms with E-state index >= 15 is 0 Å². The molecule has 0 atom stereocenters. The van der Waals surface area contributed by atoms with Crippen molar-refractivity contribution < 1.29 is 0 Å². The van der Waals surface area contributed by atoms with Crippen LogP contribution in [0.1, 0.15) is 18.2 Å². The van der Waals surface area contributed by atoms with Crippen molar-refractivity contribution >= 4 is 35.0 Å². The fourth-order valence-corrected chi connectivity index (χ4v) is 3.12. The minimum absolute atomic E-state index is 0.638. The van der Waals surface area contributed by atoms with Crippen LogP contribution in [0.15, 0.2) is 18.2 Å². The first-order valence-corrected chi connectivity index (χ1v) is 7.26. The van der Waals surface area contributed by atoms with Crippen LogP contribution in [0.5, 0.6) is 0 Å². The van der Waals surface area contributed by atoms with Gasteiger partial charge in [0.1, 0.15) is 5.52 Å². The molecule has 0 aliphatic rings. The predicted molar refractivity (Wildman–Crippen MR) is 84.4 cm³/mol. The number of para-hydroxylation sites is 1. The Morgan fingerprint density at radius 3 is 2.75 bits per heavy atom. The lowest BCUT2D eigenvalue weighted by molar-refractivity contribution is 0.661. The molecule has 2 aromatic heterocycles. The Bertz CT molecular complexity index is 836. The number of fused-ring (bicyclic) bond motifs is 1. The first-order valence-electron chi connectivity index (χ1n) is 6.48. The highest BCUT2D eigenvalue weighted by Gasteiger charge is 2.17. The molecule has 1 aromatic carbocycles. The van der Waals surface area contributed by atoms with Gasteiger partial charge >= 0.3 is 0 Å². The van der Waals surface area contributed by atoms with Crippen molar-refractivity contribution in [2.75, 3.05) is 0 Å². The molecule has 1 N–H and O–H groups in total. The molecule has 3 aromatic rings. The molecule has 6 heteroatoms. The lowest BCUT2D eigenvalue weighted by Gasteiger charge is -2.11. The summed E-state index contributed by atoms with van der Waals surface area (Å²) in [5.74, 6) is 0. The van der Waals surface area contributed by atoms with Gasteiger partial charge in [0.15, 0.2) is 10.4 Å². The lowest BCUT2D eigenvalue weighted by atomic mass is 10.2. The van der Waals surface area contributed by atoms with Gasteiger partial charge in [-0.1, -0.05) is 23.7 Å². The highest BCUT2D eigenvalue weighted by molar-refractivity contribution is 7.71. The van der Waals surface area contributed by atoms with Crippen molar-refractivity contribution in [3.63, 3.8) is 0 Å². The topological polar surface area (TPSA) is 38.5 Å². The quantitative estimate of drug-likeness (QED) is 0.721. The third-order valence-corrected chi connectivity index (χ3v) is 4.05. The zero-order valence-electron chi connectivity index (χ0n) is 11.6. The number of H-pyrrole nitrogens is 1. The Morgan fingerprint density at radius 2 is 2.10 bits per heavy atom. The maximum atomic E-state index is 6.38. The van der Waals surface area contributed by atoms with Crippen LogP contribution < -0.4 is 0 Å². The Kier molecular flexibility index (Phi) is 3.18. The number of halogens is 1. The molecule has 0 radical (unpaired) electrons. The highest BCUT2D eigenvalue weighted by atomic mass is 35.5. The van der Waals surface area contributed by atoms with Crippen LogP contribution in [0.3, 0.4) is 0 Å². The van der Waals surface area contributed by atoms with E-state index < -0.39 is 0 Å². The van der Waals surface area contributed by atoms with E-state index in [4.69, 9.17) is 23.8 Å². The van der Waals surface area contributed by atoms with E-state index in [1.165, 1.54) is 0 Å². The molecule has 20 heavy (non-hydrogen) atoms. The Labute approximate surface area is 127 Å². The second kappa shape index (κ2) is 4.75. The van der Waals surface area contributed by atoms with Crippen LogP contribution in [-0.2, 0) is 6.54 Å². The summed E-state index contributed by atoms with van der Waals surface area (Å²) in [4.78, 5) is 3.24. The summed E-state index contributed by atoms with van der Waals surface area (Å²) in [5.41, 5.74) is 4.87. The second-order valence-corrected chi connectivity index (χ2v) is 5.56.